The first kappa shape index (κ1) is 12.2. The van der Waals surface area contributed by atoms with Crippen LogP contribution < -0.4 is 0 Å². The second-order valence-electron chi connectivity index (χ2n) is 6.22. The highest BCUT2D eigenvalue weighted by atomic mass is 19.1. The zero-order chi connectivity index (χ0) is 12.6. The molecule has 1 nitrogen and oxygen atoms in total. The van der Waals surface area contributed by atoms with Gasteiger partial charge in [0, 0.05) is 5.56 Å². The molecule has 98 valence electrons. The third kappa shape index (κ3) is 1.97. The van der Waals surface area contributed by atoms with Crippen molar-refractivity contribution in [3.63, 3.8) is 0 Å². The Bertz CT molecular complexity index is 424. The number of halogens is 1. The molecule has 18 heavy (non-hydrogen) atoms. The van der Waals surface area contributed by atoms with E-state index in [4.69, 9.17) is 0 Å². The largest absolute Gasteiger partial charge is 0.385 e. The van der Waals surface area contributed by atoms with E-state index in [0.29, 0.717) is 23.8 Å². The number of benzene rings is 1. The van der Waals surface area contributed by atoms with Crippen LogP contribution in [0.2, 0.25) is 0 Å². The second kappa shape index (κ2) is 4.34. The van der Waals surface area contributed by atoms with Crippen LogP contribution in [0.15, 0.2) is 24.3 Å². The van der Waals surface area contributed by atoms with Gasteiger partial charge in [0.05, 0.1) is 5.60 Å². The van der Waals surface area contributed by atoms with Crippen molar-refractivity contribution in [2.75, 3.05) is 0 Å². The fourth-order valence-electron chi connectivity index (χ4n) is 3.93. The molecule has 0 heterocycles. The summed E-state index contributed by atoms with van der Waals surface area (Å²) >= 11 is 0. The summed E-state index contributed by atoms with van der Waals surface area (Å²) in [5.74, 6) is -0.262. The molecular weight excluding hydrogens is 227 g/mol. The molecule has 0 atom stereocenters. The molecule has 2 saturated carbocycles. The van der Waals surface area contributed by atoms with Crippen molar-refractivity contribution in [1.29, 1.82) is 0 Å². The van der Waals surface area contributed by atoms with Gasteiger partial charge >= 0.3 is 0 Å². The summed E-state index contributed by atoms with van der Waals surface area (Å²) in [4.78, 5) is 0. The molecule has 0 unspecified atom stereocenters. The van der Waals surface area contributed by atoms with Gasteiger partial charge in [-0.2, -0.15) is 0 Å². The van der Waals surface area contributed by atoms with Gasteiger partial charge in [-0.1, -0.05) is 31.0 Å². The van der Waals surface area contributed by atoms with Crippen molar-refractivity contribution in [3.05, 3.63) is 35.6 Å². The fraction of sp³-hybridized carbons (Fsp3) is 0.625. The van der Waals surface area contributed by atoms with Gasteiger partial charge < -0.3 is 5.11 Å². The average Bonchev–Trinajstić information content (AvgIpc) is 2.83. The normalized spacial score (nSPS) is 25.4. The van der Waals surface area contributed by atoms with E-state index in [0.717, 1.165) is 12.8 Å². The van der Waals surface area contributed by atoms with Crippen LogP contribution in [0, 0.1) is 11.2 Å². The first-order chi connectivity index (χ1) is 8.64. The van der Waals surface area contributed by atoms with Gasteiger partial charge in [-0.25, -0.2) is 4.39 Å². The summed E-state index contributed by atoms with van der Waals surface area (Å²) in [5, 5.41) is 10.7. The van der Waals surface area contributed by atoms with Gasteiger partial charge in [0.2, 0.25) is 0 Å². The maximum Gasteiger partial charge on any atom is 0.129 e. The van der Waals surface area contributed by atoms with E-state index in [1.54, 1.807) is 12.1 Å². The Kier molecular flexibility index (Phi) is 2.93. The summed E-state index contributed by atoms with van der Waals surface area (Å²) in [6, 6.07) is 6.69. The molecule has 0 aliphatic heterocycles. The highest BCUT2D eigenvalue weighted by Crippen LogP contribution is 2.53. The monoisotopic (exact) mass is 248 g/mol. The predicted molar refractivity (Wildman–Crippen MR) is 69.7 cm³/mol. The number of rotatable bonds is 1. The molecule has 3 rings (SSSR count). The Morgan fingerprint density at radius 1 is 0.889 bits per heavy atom. The molecule has 2 fully saturated rings. The van der Waals surface area contributed by atoms with Crippen molar-refractivity contribution in [1.82, 2.24) is 0 Å². The van der Waals surface area contributed by atoms with Crippen LogP contribution in [0.3, 0.4) is 0 Å². The maximum atomic E-state index is 13.8. The van der Waals surface area contributed by atoms with Crippen molar-refractivity contribution in [2.24, 2.45) is 5.41 Å². The van der Waals surface area contributed by atoms with E-state index >= 15 is 0 Å². The zero-order valence-electron chi connectivity index (χ0n) is 10.8. The number of hydrogen-bond acceptors (Lipinski definition) is 1. The molecule has 2 heteroatoms. The highest BCUT2D eigenvalue weighted by Gasteiger charge is 2.44. The van der Waals surface area contributed by atoms with E-state index in [9.17, 15) is 9.50 Å². The molecule has 0 saturated heterocycles. The van der Waals surface area contributed by atoms with E-state index < -0.39 is 5.60 Å². The molecule has 0 bridgehead atoms. The SMILES string of the molecule is OC1(c2ccccc2F)CCC2(CCCC2)CC1. The van der Waals surface area contributed by atoms with E-state index in [1.807, 2.05) is 6.07 Å². The lowest BCUT2D eigenvalue weighted by atomic mass is 9.66. The molecular formula is C16H21FO. The third-order valence-electron chi connectivity index (χ3n) is 5.18. The van der Waals surface area contributed by atoms with Crippen LogP contribution in [0.1, 0.15) is 56.9 Å². The fourth-order valence-corrected chi connectivity index (χ4v) is 3.93. The van der Waals surface area contributed by atoms with E-state index in [1.165, 1.54) is 31.7 Å². The van der Waals surface area contributed by atoms with Crippen LogP contribution in [0.5, 0.6) is 0 Å². The summed E-state index contributed by atoms with van der Waals surface area (Å²) < 4.78 is 13.8. The second-order valence-corrected chi connectivity index (χ2v) is 6.22. The molecule has 1 N–H and O–H groups in total. The van der Waals surface area contributed by atoms with Crippen LogP contribution in [0.25, 0.3) is 0 Å². The average molecular weight is 248 g/mol. The Balaban J connectivity index is 1.80. The summed E-state index contributed by atoms with van der Waals surface area (Å²) in [6.07, 6.45) is 8.81. The van der Waals surface area contributed by atoms with E-state index in [-0.39, 0.29) is 5.82 Å². The Hall–Kier alpha value is -0.890. The lowest BCUT2D eigenvalue weighted by Gasteiger charge is -2.42. The van der Waals surface area contributed by atoms with Crippen molar-refractivity contribution < 1.29 is 9.50 Å². The van der Waals surface area contributed by atoms with E-state index in [2.05, 4.69) is 0 Å². The first-order valence-corrected chi connectivity index (χ1v) is 7.11. The molecule has 0 radical (unpaired) electrons. The van der Waals surface area contributed by atoms with Crippen LogP contribution in [-0.4, -0.2) is 5.11 Å². The van der Waals surface area contributed by atoms with Gasteiger partial charge in [0.15, 0.2) is 0 Å². The molecule has 1 aromatic carbocycles. The minimum Gasteiger partial charge on any atom is -0.385 e. The maximum absolute atomic E-state index is 13.8. The molecule has 2 aliphatic rings. The van der Waals surface area contributed by atoms with Crippen molar-refractivity contribution >= 4 is 0 Å². The molecule has 2 aliphatic carbocycles. The topological polar surface area (TPSA) is 20.2 Å². The predicted octanol–water partition coefficient (Wildman–Crippen LogP) is 4.15. The van der Waals surface area contributed by atoms with Gasteiger partial charge in [-0.05, 0) is 50.0 Å². The minimum atomic E-state index is -0.931. The standard InChI is InChI=1S/C16H21FO/c17-14-6-2-1-5-13(14)16(18)11-9-15(10-12-16)7-3-4-8-15/h1-2,5-6,18H,3-4,7-12H2. The van der Waals surface area contributed by atoms with Crippen LogP contribution in [-0.2, 0) is 5.60 Å². The lowest BCUT2D eigenvalue weighted by molar-refractivity contribution is -0.0400. The smallest absolute Gasteiger partial charge is 0.129 e. The van der Waals surface area contributed by atoms with Crippen LogP contribution in [0.4, 0.5) is 4.39 Å². The number of aliphatic hydroxyl groups is 1. The molecule has 1 aromatic rings. The Labute approximate surface area is 108 Å². The number of hydrogen-bond donors (Lipinski definition) is 1. The minimum absolute atomic E-state index is 0.262. The lowest BCUT2D eigenvalue weighted by Crippen LogP contribution is -2.36. The van der Waals surface area contributed by atoms with Gasteiger partial charge in [-0.3, -0.25) is 0 Å². The molecule has 1 spiro atoms. The van der Waals surface area contributed by atoms with Gasteiger partial charge in [-0.15, -0.1) is 0 Å². The third-order valence-corrected chi connectivity index (χ3v) is 5.18. The zero-order valence-corrected chi connectivity index (χ0v) is 10.8. The quantitative estimate of drug-likeness (QED) is 0.791. The highest BCUT2D eigenvalue weighted by molar-refractivity contribution is 5.25. The Morgan fingerprint density at radius 2 is 1.50 bits per heavy atom. The van der Waals surface area contributed by atoms with Crippen LogP contribution >= 0.6 is 0 Å². The Morgan fingerprint density at radius 3 is 2.11 bits per heavy atom. The summed E-state index contributed by atoms with van der Waals surface area (Å²) in [6.45, 7) is 0. The van der Waals surface area contributed by atoms with Gasteiger partial charge in [0.25, 0.3) is 0 Å². The van der Waals surface area contributed by atoms with Gasteiger partial charge in [0.1, 0.15) is 5.82 Å². The molecule has 0 amide bonds. The summed E-state index contributed by atoms with van der Waals surface area (Å²) in [5.41, 5.74) is 0.0364. The van der Waals surface area contributed by atoms with Crippen molar-refractivity contribution in [3.8, 4) is 0 Å². The van der Waals surface area contributed by atoms with Crippen molar-refractivity contribution in [2.45, 2.75) is 57.0 Å². The summed E-state index contributed by atoms with van der Waals surface area (Å²) in [7, 11) is 0. The first-order valence-electron chi connectivity index (χ1n) is 7.11. The molecule has 0 aromatic heterocycles.